The zero-order valence-corrected chi connectivity index (χ0v) is 16.4. The fourth-order valence-electron chi connectivity index (χ4n) is 6.98. The van der Waals surface area contributed by atoms with E-state index in [1.165, 1.54) is 12.8 Å². The van der Waals surface area contributed by atoms with Crippen LogP contribution in [0.5, 0.6) is 0 Å². The number of hydrogen-bond donors (Lipinski definition) is 0. The SMILES string of the molecule is CN(CCN(C)[C@@H]1[C@H]2CCO[C@@H]2C1(C)C)[C@@H]1[C@@H]2CCO[C@@H]2C1(C)C. The number of likely N-dealkylation sites (N-methyl/N-ethyl adjacent to an activating group) is 2. The molecule has 0 radical (unpaired) electrons. The Balaban J connectivity index is 1.34. The molecule has 0 aromatic carbocycles. The van der Waals surface area contributed by atoms with Gasteiger partial charge in [-0.15, -0.1) is 0 Å². The van der Waals surface area contributed by atoms with Crippen LogP contribution in [0, 0.1) is 22.7 Å². The Labute approximate surface area is 147 Å². The minimum Gasteiger partial charge on any atom is -0.377 e. The molecule has 4 aliphatic rings. The summed E-state index contributed by atoms with van der Waals surface area (Å²) in [6.07, 6.45) is 3.47. The topological polar surface area (TPSA) is 24.9 Å². The molecule has 2 aliphatic heterocycles. The van der Waals surface area contributed by atoms with Crippen molar-refractivity contribution in [3.8, 4) is 0 Å². The smallest absolute Gasteiger partial charge is 0.0685 e. The van der Waals surface area contributed by atoms with E-state index in [1.54, 1.807) is 0 Å². The number of ether oxygens (including phenoxy) is 2. The molecule has 0 N–H and O–H groups in total. The molecule has 0 aromatic heterocycles. The van der Waals surface area contributed by atoms with Gasteiger partial charge in [-0.25, -0.2) is 0 Å². The highest BCUT2D eigenvalue weighted by atomic mass is 16.5. The predicted octanol–water partition coefficient (Wildman–Crippen LogP) is 2.48. The van der Waals surface area contributed by atoms with Crippen molar-refractivity contribution < 1.29 is 9.47 Å². The van der Waals surface area contributed by atoms with Crippen LogP contribution in [0.25, 0.3) is 0 Å². The Bertz CT molecular complexity index is 448. The second-order valence-electron chi connectivity index (χ2n) is 9.98. The lowest BCUT2D eigenvalue weighted by Gasteiger charge is -2.59. The molecule has 0 aromatic rings. The van der Waals surface area contributed by atoms with Crippen LogP contribution in [0.1, 0.15) is 40.5 Å². The molecule has 6 atom stereocenters. The first-order valence-corrected chi connectivity index (χ1v) is 9.90. The van der Waals surface area contributed by atoms with Gasteiger partial charge in [-0.3, -0.25) is 0 Å². The first kappa shape index (κ1) is 17.3. The summed E-state index contributed by atoms with van der Waals surface area (Å²) in [6.45, 7) is 13.8. The number of hydrogen-bond acceptors (Lipinski definition) is 4. The van der Waals surface area contributed by atoms with Crippen LogP contribution in [0.4, 0.5) is 0 Å². The maximum atomic E-state index is 5.96. The van der Waals surface area contributed by atoms with Gasteiger partial charge in [0.05, 0.1) is 12.2 Å². The van der Waals surface area contributed by atoms with Crippen LogP contribution >= 0.6 is 0 Å². The zero-order chi connectivity index (χ0) is 17.3. The van der Waals surface area contributed by atoms with Crippen molar-refractivity contribution in [3.05, 3.63) is 0 Å². The molecule has 2 saturated carbocycles. The lowest BCUT2D eigenvalue weighted by atomic mass is 9.56. The molecule has 0 spiro atoms. The third-order valence-corrected chi connectivity index (χ3v) is 7.83. The number of fused-ring (bicyclic) bond motifs is 2. The largest absolute Gasteiger partial charge is 0.377 e. The quantitative estimate of drug-likeness (QED) is 0.770. The van der Waals surface area contributed by atoms with Gasteiger partial charge in [0, 0.05) is 61.1 Å². The molecule has 0 unspecified atom stereocenters. The van der Waals surface area contributed by atoms with E-state index in [0.717, 1.165) is 38.1 Å². The van der Waals surface area contributed by atoms with Crippen LogP contribution in [0.15, 0.2) is 0 Å². The zero-order valence-electron chi connectivity index (χ0n) is 16.4. The highest BCUT2D eigenvalue weighted by Gasteiger charge is 2.62. The van der Waals surface area contributed by atoms with Gasteiger partial charge in [0.1, 0.15) is 0 Å². The van der Waals surface area contributed by atoms with Crippen molar-refractivity contribution in [1.82, 2.24) is 9.80 Å². The van der Waals surface area contributed by atoms with Gasteiger partial charge in [0.2, 0.25) is 0 Å². The van der Waals surface area contributed by atoms with Crippen LogP contribution in [-0.2, 0) is 9.47 Å². The standard InChI is InChI=1S/C20H36N2O2/c1-19(2)15(13-7-11-23-17(13)19)21(5)9-10-22(6)16-14-8-12-24-18(14)20(16,3)4/h13-18H,7-12H2,1-6H3/t13-,14+,15-,16-,17+,18+/m1/s1. The highest BCUT2D eigenvalue weighted by Crippen LogP contribution is 2.55. The lowest BCUT2D eigenvalue weighted by Crippen LogP contribution is -2.68. The summed E-state index contributed by atoms with van der Waals surface area (Å²) in [5, 5.41) is 0. The van der Waals surface area contributed by atoms with Gasteiger partial charge in [-0.05, 0) is 26.9 Å². The Morgan fingerprint density at radius 2 is 1.12 bits per heavy atom. The minimum atomic E-state index is 0.300. The van der Waals surface area contributed by atoms with Gasteiger partial charge in [-0.1, -0.05) is 27.7 Å². The van der Waals surface area contributed by atoms with Crippen LogP contribution in [-0.4, -0.2) is 74.5 Å². The van der Waals surface area contributed by atoms with Gasteiger partial charge >= 0.3 is 0 Å². The van der Waals surface area contributed by atoms with Gasteiger partial charge < -0.3 is 19.3 Å². The van der Waals surface area contributed by atoms with E-state index in [-0.39, 0.29) is 0 Å². The second-order valence-corrected chi connectivity index (χ2v) is 9.98. The molecular formula is C20H36N2O2. The van der Waals surface area contributed by atoms with Crippen molar-refractivity contribution in [2.75, 3.05) is 40.4 Å². The van der Waals surface area contributed by atoms with Crippen molar-refractivity contribution in [2.24, 2.45) is 22.7 Å². The third-order valence-electron chi connectivity index (χ3n) is 7.83. The summed E-state index contributed by atoms with van der Waals surface area (Å²) >= 11 is 0. The van der Waals surface area contributed by atoms with Gasteiger partial charge in [-0.2, -0.15) is 0 Å². The van der Waals surface area contributed by atoms with E-state index in [2.05, 4.69) is 51.6 Å². The lowest BCUT2D eigenvalue weighted by molar-refractivity contribution is -0.161. The predicted molar refractivity (Wildman–Crippen MR) is 96.1 cm³/mol. The molecule has 0 bridgehead atoms. The molecule has 138 valence electrons. The van der Waals surface area contributed by atoms with E-state index in [9.17, 15) is 0 Å². The Morgan fingerprint density at radius 1 is 0.750 bits per heavy atom. The maximum absolute atomic E-state index is 5.96. The van der Waals surface area contributed by atoms with Crippen molar-refractivity contribution in [1.29, 1.82) is 0 Å². The van der Waals surface area contributed by atoms with Crippen molar-refractivity contribution >= 4 is 0 Å². The molecule has 2 saturated heterocycles. The van der Waals surface area contributed by atoms with Crippen LogP contribution < -0.4 is 0 Å². The molecular weight excluding hydrogens is 300 g/mol. The average Bonchev–Trinajstić information content (AvgIpc) is 3.11. The van der Waals surface area contributed by atoms with Gasteiger partial charge in [0.25, 0.3) is 0 Å². The summed E-state index contributed by atoms with van der Waals surface area (Å²) in [5.41, 5.74) is 0.600. The summed E-state index contributed by atoms with van der Waals surface area (Å²) in [4.78, 5) is 5.22. The average molecular weight is 337 g/mol. The molecule has 2 aliphatic carbocycles. The molecule has 4 heteroatoms. The summed E-state index contributed by atoms with van der Waals surface area (Å²) < 4.78 is 11.9. The van der Waals surface area contributed by atoms with E-state index in [0.29, 0.717) is 35.1 Å². The first-order chi connectivity index (χ1) is 11.3. The summed E-state index contributed by atoms with van der Waals surface area (Å²) in [7, 11) is 4.64. The second kappa shape index (κ2) is 5.67. The Kier molecular flexibility index (Phi) is 4.08. The Hall–Kier alpha value is -0.160. The minimum absolute atomic E-state index is 0.300. The van der Waals surface area contributed by atoms with Crippen molar-refractivity contribution in [2.45, 2.75) is 64.8 Å². The molecule has 4 nitrogen and oxygen atoms in total. The van der Waals surface area contributed by atoms with E-state index in [4.69, 9.17) is 9.47 Å². The monoisotopic (exact) mass is 336 g/mol. The maximum Gasteiger partial charge on any atom is 0.0685 e. The molecule has 2 heterocycles. The summed E-state index contributed by atoms with van der Waals surface area (Å²) in [6, 6.07) is 1.35. The number of nitrogens with zero attached hydrogens (tertiary/aromatic N) is 2. The highest BCUT2D eigenvalue weighted by molar-refractivity contribution is 5.13. The molecule has 4 rings (SSSR count). The first-order valence-electron chi connectivity index (χ1n) is 9.90. The van der Waals surface area contributed by atoms with Gasteiger partial charge in [0.15, 0.2) is 0 Å². The van der Waals surface area contributed by atoms with Crippen LogP contribution in [0.2, 0.25) is 0 Å². The summed E-state index contributed by atoms with van der Waals surface area (Å²) in [5.74, 6) is 1.51. The fraction of sp³-hybridized carbons (Fsp3) is 1.00. The molecule has 0 amide bonds. The van der Waals surface area contributed by atoms with E-state index >= 15 is 0 Å². The van der Waals surface area contributed by atoms with Crippen LogP contribution in [0.3, 0.4) is 0 Å². The fourth-order valence-corrected chi connectivity index (χ4v) is 6.98. The van der Waals surface area contributed by atoms with Crippen molar-refractivity contribution in [3.63, 3.8) is 0 Å². The normalized spacial score (nSPS) is 45.0. The van der Waals surface area contributed by atoms with E-state index < -0.39 is 0 Å². The number of rotatable bonds is 5. The van der Waals surface area contributed by atoms with E-state index in [1.807, 2.05) is 0 Å². The third kappa shape index (κ3) is 2.26. The Morgan fingerprint density at radius 3 is 1.50 bits per heavy atom. The molecule has 4 fully saturated rings. The molecule has 24 heavy (non-hydrogen) atoms.